The number of hydrogen-bond acceptors (Lipinski definition) is 5. The number of aromatic amines is 1. The summed E-state index contributed by atoms with van der Waals surface area (Å²) in [5.74, 6) is 0.443. The van der Waals surface area contributed by atoms with Crippen LogP contribution in [0.1, 0.15) is 0 Å². The Morgan fingerprint density at radius 3 is 2.38 bits per heavy atom. The predicted octanol–water partition coefficient (Wildman–Crippen LogP) is 0.307. The highest BCUT2D eigenvalue weighted by Gasteiger charge is 2.06. The van der Waals surface area contributed by atoms with E-state index in [1.54, 1.807) is 12.1 Å². The largest absolute Gasteiger partial charge is 0.508 e. The van der Waals surface area contributed by atoms with Gasteiger partial charge in [-0.15, -0.1) is 0 Å². The average molecular weight is 218 g/mol. The fraction of sp³-hybridized carbons (Fsp3) is 0. The zero-order valence-corrected chi connectivity index (χ0v) is 8.27. The summed E-state index contributed by atoms with van der Waals surface area (Å²) in [4.78, 5) is 17.8. The van der Waals surface area contributed by atoms with Crippen LogP contribution in [0.3, 0.4) is 0 Å². The molecule has 1 aromatic carbocycles. The number of aromatic hydroxyl groups is 1. The summed E-state index contributed by atoms with van der Waals surface area (Å²) in [7, 11) is 0. The minimum atomic E-state index is -0.476. The number of phenols is 1. The van der Waals surface area contributed by atoms with Gasteiger partial charge in [0.25, 0.3) is 5.56 Å². The van der Waals surface area contributed by atoms with Gasteiger partial charge in [-0.2, -0.15) is 0 Å². The molecule has 2 aromatic rings. The number of rotatable bonds is 1. The third-order valence-electron chi connectivity index (χ3n) is 2.13. The van der Waals surface area contributed by atoms with Crippen LogP contribution in [-0.2, 0) is 0 Å². The Bertz CT molecular complexity index is 574. The molecular weight excluding hydrogens is 208 g/mol. The van der Waals surface area contributed by atoms with Gasteiger partial charge in [0, 0.05) is 5.56 Å². The van der Waals surface area contributed by atoms with Crippen LogP contribution < -0.4 is 17.0 Å². The maximum atomic E-state index is 11.4. The third-order valence-corrected chi connectivity index (χ3v) is 2.13. The van der Waals surface area contributed by atoms with E-state index in [4.69, 9.17) is 16.6 Å². The molecule has 0 radical (unpaired) electrons. The number of aromatic nitrogens is 2. The molecule has 0 aliphatic carbocycles. The fourth-order valence-corrected chi connectivity index (χ4v) is 1.26. The highest BCUT2D eigenvalue weighted by atomic mass is 16.3. The van der Waals surface area contributed by atoms with Gasteiger partial charge >= 0.3 is 0 Å². The summed E-state index contributed by atoms with van der Waals surface area (Å²) < 4.78 is 0. The van der Waals surface area contributed by atoms with Crippen LogP contribution in [0.25, 0.3) is 11.4 Å². The number of H-pyrrole nitrogens is 1. The van der Waals surface area contributed by atoms with Gasteiger partial charge < -0.3 is 21.6 Å². The van der Waals surface area contributed by atoms with E-state index in [1.165, 1.54) is 12.1 Å². The quantitative estimate of drug-likeness (QED) is 0.549. The Balaban J connectivity index is 2.57. The summed E-state index contributed by atoms with van der Waals surface area (Å²) >= 11 is 0. The van der Waals surface area contributed by atoms with Crippen molar-refractivity contribution in [2.45, 2.75) is 0 Å². The third kappa shape index (κ3) is 1.68. The number of anilines is 2. The first-order valence-corrected chi connectivity index (χ1v) is 4.52. The van der Waals surface area contributed by atoms with Crippen molar-refractivity contribution in [1.29, 1.82) is 0 Å². The van der Waals surface area contributed by atoms with Gasteiger partial charge in [0.1, 0.15) is 17.3 Å². The summed E-state index contributed by atoms with van der Waals surface area (Å²) in [5, 5.41) is 9.12. The Kier molecular flexibility index (Phi) is 2.24. The van der Waals surface area contributed by atoms with Crippen molar-refractivity contribution in [3.05, 3.63) is 34.6 Å². The molecule has 0 saturated heterocycles. The van der Waals surface area contributed by atoms with Crippen molar-refractivity contribution in [1.82, 2.24) is 9.97 Å². The van der Waals surface area contributed by atoms with E-state index in [0.29, 0.717) is 11.4 Å². The van der Waals surface area contributed by atoms with Gasteiger partial charge in [0.15, 0.2) is 5.82 Å². The second-order valence-corrected chi connectivity index (χ2v) is 3.26. The summed E-state index contributed by atoms with van der Waals surface area (Å²) in [6.45, 7) is 0. The number of hydrogen-bond donors (Lipinski definition) is 4. The molecule has 6 nitrogen and oxygen atoms in total. The molecule has 0 aliphatic rings. The minimum Gasteiger partial charge on any atom is -0.508 e. The highest BCUT2D eigenvalue weighted by molar-refractivity contribution is 5.63. The maximum Gasteiger partial charge on any atom is 0.276 e. The van der Waals surface area contributed by atoms with Crippen LogP contribution in [0.2, 0.25) is 0 Å². The van der Waals surface area contributed by atoms with Crippen molar-refractivity contribution in [3.63, 3.8) is 0 Å². The minimum absolute atomic E-state index is 0.00757. The Morgan fingerprint density at radius 2 is 1.81 bits per heavy atom. The molecule has 0 spiro atoms. The molecular formula is C10H10N4O2. The fourth-order valence-electron chi connectivity index (χ4n) is 1.26. The smallest absolute Gasteiger partial charge is 0.276 e. The van der Waals surface area contributed by atoms with Crippen molar-refractivity contribution in [3.8, 4) is 17.1 Å². The lowest BCUT2D eigenvalue weighted by atomic mass is 10.2. The number of benzene rings is 1. The Labute approximate surface area is 90.6 Å². The van der Waals surface area contributed by atoms with Crippen molar-refractivity contribution < 1.29 is 5.11 Å². The second-order valence-electron chi connectivity index (χ2n) is 3.26. The Morgan fingerprint density at radius 1 is 1.19 bits per heavy atom. The van der Waals surface area contributed by atoms with Gasteiger partial charge in [-0.05, 0) is 24.3 Å². The molecule has 0 bridgehead atoms. The molecule has 0 aliphatic heterocycles. The SMILES string of the molecule is Nc1nc(-c2ccc(O)cc2)[nH]c(=O)c1N. The number of nitrogens with two attached hydrogens (primary N) is 2. The molecule has 16 heavy (non-hydrogen) atoms. The predicted molar refractivity (Wildman–Crippen MR) is 60.8 cm³/mol. The van der Waals surface area contributed by atoms with E-state index >= 15 is 0 Å². The maximum absolute atomic E-state index is 11.4. The lowest BCUT2D eigenvalue weighted by Crippen LogP contribution is -2.16. The van der Waals surface area contributed by atoms with E-state index in [2.05, 4.69) is 9.97 Å². The summed E-state index contributed by atoms with van der Waals surface area (Å²) in [6, 6.07) is 6.20. The highest BCUT2D eigenvalue weighted by Crippen LogP contribution is 2.19. The van der Waals surface area contributed by atoms with E-state index < -0.39 is 5.56 Å². The molecule has 6 N–H and O–H groups in total. The van der Waals surface area contributed by atoms with E-state index in [9.17, 15) is 4.79 Å². The number of nitrogens with zero attached hydrogens (tertiary/aromatic N) is 1. The van der Waals surface area contributed by atoms with E-state index in [1.807, 2.05) is 0 Å². The van der Waals surface area contributed by atoms with Crippen LogP contribution in [0.5, 0.6) is 5.75 Å². The molecule has 0 unspecified atom stereocenters. The molecule has 82 valence electrons. The van der Waals surface area contributed by atoms with E-state index in [0.717, 1.165) is 0 Å². The van der Waals surface area contributed by atoms with E-state index in [-0.39, 0.29) is 17.3 Å². The lowest BCUT2D eigenvalue weighted by molar-refractivity contribution is 0.475. The van der Waals surface area contributed by atoms with Crippen LogP contribution >= 0.6 is 0 Å². The molecule has 1 heterocycles. The molecule has 0 fully saturated rings. The van der Waals surface area contributed by atoms with Gasteiger partial charge in [0.2, 0.25) is 0 Å². The lowest BCUT2D eigenvalue weighted by Gasteiger charge is -2.03. The first kappa shape index (κ1) is 10.0. The first-order chi connectivity index (χ1) is 7.58. The molecule has 1 aromatic heterocycles. The molecule has 0 atom stereocenters. The van der Waals surface area contributed by atoms with Crippen LogP contribution in [0.4, 0.5) is 11.5 Å². The van der Waals surface area contributed by atoms with Crippen LogP contribution in [0, 0.1) is 0 Å². The Hall–Kier alpha value is -2.50. The van der Waals surface area contributed by atoms with Gasteiger partial charge in [-0.1, -0.05) is 0 Å². The number of nitrogens with one attached hydrogen (secondary N) is 1. The summed E-state index contributed by atoms with van der Waals surface area (Å²) in [5.41, 5.74) is 10.9. The molecule has 6 heteroatoms. The standard InChI is InChI=1S/C10H10N4O2/c11-7-8(12)13-9(14-10(7)16)5-1-3-6(15)4-2-5/h1-4,15H,11H2,(H3,12,13,14,16). The number of phenolic OH excluding ortho intramolecular Hbond substituents is 1. The zero-order valence-electron chi connectivity index (χ0n) is 8.27. The monoisotopic (exact) mass is 218 g/mol. The van der Waals surface area contributed by atoms with Crippen molar-refractivity contribution >= 4 is 11.5 Å². The first-order valence-electron chi connectivity index (χ1n) is 4.52. The second kappa shape index (κ2) is 3.58. The van der Waals surface area contributed by atoms with Crippen molar-refractivity contribution in [2.24, 2.45) is 0 Å². The average Bonchev–Trinajstić information content (AvgIpc) is 2.26. The van der Waals surface area contributed by atoms with Crippen LogP contribution in [-0.4, -0.2) is 15.1 Å². The van der Waals surface area contributed by atoms with Crippen molar-refractivity contribution in [2.75, 3.05) is 11.5 Å². The molecule has 2 rings (SSSR count). The van der Waals surface area contributed by atoms with Gasteiger partial charge in [0.05, 0.1) is 0 Å². The van der Waals surface area contributed by atoms with Gasteiger partial charge in [-0.3, -0.25) is 4.79 Å². The molecule has 0 saturated carbocycles. The topological polar surface area (TPSA) is 118 Å². The normalized spacial score (nSPS) is 10.2. The number of nitrogen functional groups attached to an aromatic ring is 2. The zero-order chi connectivity index (χ0) is 11.7. The molecule has 0 amide bonds. The summed E-state index contributed by atoms with van der Waals surface area (Å²) in [6.07, 6.45) is 0. The van der Waals surface area contributed by atoms with Crippen LogP contribution in [0.15, 0.2) is 29.1 Å². The van der Waals surface area contributed by atoms with Gasteiger partial charge in [-0.25, -0.2) is 4.98 Å².